The lowest BCUT2D eigenvalue weighted by molar-refractivity contribution is 0.416. The molecular weight excluding hydrogens is 330 g/mol. The molecule has 8 heteroatoms. The topological polar surface area (TPSA) is 84.3 Å². The molecule has 0 spiro atoms. The normalized spacial score (nSPS) is 13.2. The maximum atomic E-state index is 12.4. The van der Waals surface area contributed by atoms with Crippen molar-refractivity contribution < 1.29 is 4.74 Å². The number of hydrogen-bond acceptors (Lipinski definition) is 5. The Morgan fingerprint density at radius 3 is 3.08 bits per heavy atom. The molecule has 0 unspecified atom stereocenters. The lowest BCUT2D eigenvalue weighted by Crippen LogP contribution is -2.20. The van der Waals surface area contributed by atoms with Crippen molar-refractivity contribution in [2.24, 2.45) is 0 Å². The monoisotopic (exact) mass is 345 g/mol. The predicted octanol–water partition coefficient (Wildman–Crippen LogP) is 2.18. The van der Waals surface area contributed by atoms with Gasteiger partial charge < -0.3 is 10.1 Å². The van der Waals surface area contributed by atoms with Crippen LogP contribution in [0.15, 0.2) is 23.0 Å². The minimum absolute atomic E-state index is 0.0495. The first-order valence-electron chi connectivity index (χ1n) is 7.72. The Balaban J connectivity index is 1.63. The number of H-pyrrole nitrogens is 1. The molecule has 2 heterocycles. The number of rotatable bonds is 4. The molecule has 1 aliphatic rings. The van der Waals surface area contributed by atoms with Gasteiger partial charge in [0.25, 0.3) is 11.3 Å². The number of anilines is 1. The molecule has 0 saturated heterocycles. The van der Waals surface area contributed by atoms with Crippen LogP contribution in [0.1, 0.15) is 23.5 Å². The molecule has 2 aromatic heterocycles. The van der Waals surface area contributed by atoms with Crippen molar-refractivity contribution in [1.82, 2.24) is 19.6 Å². The SMILES string of the molecule is COc1ccc(Cl)cc1NCc1nc2nc3c(c(=O)n2[nH]1)CCC3. The summed E-state index contributed by atoms with van der Waals surface area (Å²) in [6.07, 6.45) is 2.62. The van der Waals surface area contributed by atoms with E-state index in [2.05, 4.69) is 20.4 Å². The summed E-state index contributed by atoms with van der Waals surface area (Å²) in [6.45, 7) is 0.393. The summed E-state index contributed by atoms with van der Waals surface area (Å²) in [5.74, 6) is 1.71. The number of nitrogens with zero attached hydrogens (tertiary/aromatic N) is 3. The van der Waals surface area contributed by atoms with Gasteiger partial charge in [-0.2, -0.15) is 9.50 Å². The van der Waals surface area contributed by atoms with Crippen LogP contribution in [0.4, 0.5) is 5.69 Å². The summed E-state index contributed by atoms with van der Waals surface area (Å²) in [6, 6.07) is 5.33. The van der Waals surface area contributed by atoms with Crippen LogP contribution in [-0.2, 0) is 19.4 Å². The van der Waals surface area contributed by atoms with Crippen LogP contribution in [-0.4, -0.2) is 26.7 Å². The molecule has 0 saturated carbocycles. The van der Waals surface area contributed by atoms with Gasteiger partial charge in [-0.25, -0.2) is 4.98 Å². The number of benzene rings is 1. The highest BCUT2D eigenvalue weighted by Gasteiger charge is 2.19. The molecule has 1 aromatic carbocycles. The number of aryl methyl sites for hydroxylation is 1. The zero-order valence-corrected chi connectivity index (χ0v) is 13.9. The van der Waals surface area contributed by atoms with Crippen LogP contribution in [0.25, 0.3) is 5.78 Å². The standard InChI is InChI=1S/C16H16ClN5O2/c1-24-13-6-5-9(17)7-12(13)18-8-14-20-16-19-11-4-2-3-10(11)15(23)22(16)21-14/h5-7,18H,2-4,8H2,1H3,(H,19,20,21). The summed E-state index contributed by atoms with van der Waals surface area (Å²) >= 11 is 6.02. The Morgan fingerprint density at radius 2 is 2.25 bits per heavy atom. The zero-order valence-electron chi connectivity index (χ0n) is 13.1. The molecule has 2 N–H and O–H groups in total. The van der Waals surface area contributed by atoms with Crippen molar-refractivity contribution in [2.75, 3.05) is 12.4 Å². The zero-order chi connectivity index (χ0) is 16.7. The van der Waals surface area contributed by atoms with Crippen molar-refractivity contribution in [3.8, 4) is 5.75 Å². The largest absolute Gasteiger partial charge is 0.495 e. The minimum atomic E-state index is -0.0495. The Kier molecular flexibility index (Phi) is 3.65. The van der Waals surface area contributed by atoms with E-state index in [1.807, 2.05) is 0 Å². The Hall–Kier alpha value is -2.54. The highest BCUT2D eigenvalue weighted by Crippen LogP contribution is 2.27. The van der Waals surface area contributed by atoms with Crippen molar-refractivity contribution in [2.45, 2.75) is 25.8 Å². The van der Waals surface area contributed by atoms with Crippen LogP contribution in [0.2, 0.25) is 5.02 Å². The van der Waals surface area contributed by atoms with Gasteiger partial charge in [-0.15, -0.1) is 0 Å². The van der Waals surface area contributed by atoms with E-state index in [1.54, 1.807) is 25.3 Å². The van der Waals surface area contributed by atoms with Crippen LogP contribution < -0.4 is 15.6 Å². The van der Waals surface area contributed by atoms with Gasteiger partial charge >= 0.3 is 0 Å². The number of aromatic amines is 1. The predicted molar refractivity (Wildman–Crippen MR) is 91.0 cm³/mol. The molecule has 1 aliphatic carbocycles. The molecule has 0 aliphatic heterocycles. The quantitative estimate of drug-likeness (QED) is 0.757. The number of ether oxygens (including phenoxy) is 1. The molecule has 124 valence electrons. The van der Waals surface area contributed by atoms with Gasteiger partial charge in [0.1, 0.15) is 11.6 Å². The summed E-state index contributed by atoms with van der Waals surface area (Å²) in [5.41, 5.74) is 2.38. The molecule has 4 rings (SSSR count). The lowest BCUT2D eigenvalue weighted by atomic mass is 10.3. The maximum Gasteiger partial charge on any atom is 0.277 e. The first kappa shape index (κ1) is 15.0. The number of halogens is 1. The third-order valence-electron chi connectivity index (χ3n) is 4.17. The van der Waals surface area contributed by atoms with Gasteiger partial charge in [-0.05, 0) is 37.5 Å². The molecule has 0 atom stereocenters. The third kappa shape index (κ3) is 2.50. The third-order valence-corrected chi connectivity index (χ3v) is 4.40. The van der Waals surface area contributed by atoms with E-state index >= 15 is 0 Å². The van der Waals surface area contributed by atoms with Gasteiger partial charge in [0.15, 0.2) is 0 Å². The second-order valence-electron chi connectivity index (χ2n) is 5.70. The smallest absolute Gasteiger partial charge is 0.277 e. The van der Waals surface area contributed by atoms with Gasteiger partial charge in [0.05, 0.1) is 25.0 Å². The highest BCUT2D eigenvalue weighted by molar-refractivity contribution is 6.30. The Bertz CT molecular complexity index is 978. The molecule has 3 aromatic rings. The number of methoxy groups -OCH3 is 1. The fourth-order valence-corrected chi connectivity index (χ4v) is 3.18. The lowest BCUT2D eigenvalue weighted by Gasteiger charge is -2.10. The van der Waals surface area contributed by atoms with Crippen LogP contribution in [0, 0.1) is 0 Å². The van der Waals surface area contributed by atoms with Gasteiger partial charge in [-0.1, -0.05) is 11.6 Å². The van der Waals surface area contributed by atoms with E-state index in [-0.39, 0.29) is 5.56 Å². The molecule has 0 fully saturated rings. The number of fused-ring (bicyclic) bond motifs is 2. The van der Waals surface area contributed by atoms with E-state index in [0.717, 1.165) is 36.2 Å². The summed E-state index contributed by atoms with van der Waals surface area (Å²) in [4.78, 5) is 21.3. The Morgan fingerprint density at radius 1 is 1.38 bits per heavy atom. The molecular formula is C16H16ClN5O2. The second-order valence-corrected chi connectivity index (χ2v) is 6.14. The summed E-state index contributed by atoms with van der Waals surface area (Å²) < 4.78 is 6.71. The fraction of sp³-hybridized carbons (Fsp3) is 0.312. The van der Waals surface area contributed by atoms with Crippen molar-refractivity contribution in [1.29, 1.82) is 0 Å². The molecule has 7 nitrogen and oxygen atoms in total. The number of hydrogen-bond donors (Lipinski definition) is 2. The average Bonchev–Trinajstić information content (AvgIpc) is 3.20. The van der Waals surface area contributed by atoms with Gasteiger partial charge in [-0.3, -0.25) is 9.89 Å². The van der Waals surface area contributed by atoms with Crippen molar-refractivity contribution in [3.05, 3.63) is 50.7 Å². The van der Waals surface area contributed by atoms with Crippen LogP contribution in [0.3, 0.4) is 0 Å². The van der Waals surface area contributed by atoms with E-state index in [4.69, 9.17) is 16.3 Å². The second kappa shape index (κ2) is 5.83. The number of nitrogens with one attached hydrogen (secondary N) is 2. The van der Waals surface area contributed by atoms with Gasteiger partial charge in [0.2, 0.25) is 0 Å². The van der Waals surface area contributed by atoms with E-state index < -0.39 is 0 Å². The summed E-state index contributed by atoms with van der Waals surface area (Å²) in [7, 11) is 1.60. The summed E-state index contributed by atoms with van der Waals surface area (Å²) in [5, 5.41) is 6.83. The average molecular weight is 346 g/mol. The van der Waals surface area contributed by atoms with Crippen molar-refractivity contribution >= 4 is 23.1 Å². The molecule has 24 heavy (non-hydrogen) atoms. The van der Waals surface area contributed by atoms with E-state index in [9.17, 15) is 4.79 Å². The van der Waals surface area contributed by atoms with Crippen LogP contribution in [0.5, 0.6) is 5.75 Å². The highest BCUT2D eigenvalue weighted by atomic mass is 35.5. The first-order valence-corrected chi connectivity index (χ1v) is 8.10. The van der Waals surface area contributed by atoms with E-state index in [1.165, 1.54) is 4.52 Å². The molecule has 0 bridgehead atoms. The van der Waals surface area contributed by atoms with Gasteiger partial charge in [0, 0.05) is 10.6 Å². The fourth-order valence-electron chi connectivity index (χ4n) is 3.00. The van der Waals surface area contributed by atoms with E-state index in [0.29, 0.717) is 28.9 Å². The first-order chi connectivity index (χ1) is 11.7. The van der Waals surface area contributed by atoms with Crippen LogP contribution >= 0.6 is 11.6 Å². The minimum Gasteiger partial charge on any atom is -0.495 e. The molecule has 0 amide bonds. The Labute approximate surface area is 142 Å². The maximum absolute atomic E-state index is 12.4. The molecule has 0 radical (unpaired) electrons. The number of aromatic nitrogens is 4. The van der Waals surface area contributed by atoms with Crippen molar-refractivity contribution in [3.63, 3.8) is 0 Å².